The average molecular weight is 435 g/mol. The van der Waals surface area contributed by atoms with Gasteiger partial charge in [0.25, 0.3) is 15.9 Å². The lowest BCUT2D eigenvalue weighted by Gasteiger charge is -2.10. The summed E-state index contributed by atoms with van der Waals surface area (Å²) in [7, 11) is -4.06. The van der Waals surface area contributed by atoms with Gasteiger partial charge in [-0.1, -0.05) is 29.8 Å². The van der Waals surface area contributed by atoms with E-state index in [4.69, 9.17) is 16.3 Å². The summed E-state index contributed by atoms with van der Waals surface area (Å²) in [4.78, 5) is 12.5. The van der Waals surface area contributed by atoms with E-state index in [-0.39, 0.29) is 17.1 Å². The molecule has 3 N–H and O–H groups in total. The van der Waals surface area contributed by atoms with E-state index in [9.17, 15) is 13.2 Å². The number of nitrogens with zero attached hydrogens (tertiary/aromatic N) is 1. The van der Waals surface area contributed by atoms with Gasteiger partial charge in [0.15, 0.2) is 5.03 Å². The van der Waals surface area contributed by atoms with E-state index in [1.165, 1.54) is 0 Å². The van der Waals surface area contributed by atoms with Crippen LogP contribution < -0.4 is 14.8 Å². The van der Waals surface area contributed by atoms with Crippen molar-refractivity contribution in [1.82, 2.24) is 15.5 Å². The third-order valence-corrected chi connectivity index (χ3v) is 5.65. The van der Waals surface area contributed by atoms with Crippen molar-refractivity contribution in [3.63, 3.8) is 0 Å². The molecule has 0 saturated carbocycles. The molecule has 3 rings (SSSR count). The Labute approximate surface area is 173 Å². The summed E-state index contributed by atoms with van der Waals surface area (Å²) >= 11 is 6.07. The summed E-state index contributed by atoms with van der Waals surface area (Å²) in [5.74, 6) is 0.0300. The van der Waals surface area contributed by atoms with Crippen LogP contribution in [0.5, 0.6) is 5.75 Å². The second kappa shape index (κ2) is 8.97. The molecule has 152 valence electrons. The van der Waals surface area contributed by atoms with Crippen LogP contribution in [0.3, 0.4) is 0 Å². The van der Waals surface area contributed by atoms with Crippen molar-refractivity contribution in [3.05, 3.63) is 70.9 Å². The second-order valence-electron chi connectivity index (χ2n) is 5.95. The summed E-state index contributed by atoms with van der Waals surface area (Å²) in [5, 5.41) is 8.91. The number of hydrogen-bond donors (Lipinski definition) is 3. The van der Waals surface area contributed by atoms with Gasteiger partial charge in [0, 0.05) is 17.3 Å². The van der Waals surface area contributed by atoms with Crippen LogP contribution in [0.1, 0.15) is 22.8 Å². The highest BCUT2D eigenvalue weighted by Gasteiger charge is 2.25. The number of anilines is 1. The van der Waals surface area contributed by atoms with Crippen LogP contribution in [-0.2, 0) is 16.6 Å². The van der Waals surface area contributed by atoms with Crippen LogP contribution in [0.15, 0.2) is 59.8 Å². The number of hydrogen-bond acceptors (Lipinski definition) is 5. The first kappa shape index (κ1) is 20.7. The van der Waals surface area contributed by atoms with Gasteiger partial charge in [0.1, 0.15) is 5.75 Å². The van der Waals surface area contributed by atoms with Gasteiger partial charge in [-0.15, -0.1) is 0 Å². The van der Waals surface area contributed by atoms with Gasteiger partial charge in [-0.2, -0.15) is 13.5 Å². The predicted molar refractivity (Wildman–Crippen MR) is 110 cm³/mol. The Hall–Kier alpha value is -3.04. The number of H-pyrrole nitrogens is 1. The summed E-state index contributed by atoms with van der Waals surface area (Å²) in [6.45, 7) is 2.51. The minimum Gasteiger partial charge on any atom is -0.494 e. The first-order valence-electron chi connectivity index (χ1n) is 8.71. The van der Waals surface area contributed by atoms with Crippen LogP contribution in [-0.4, -0.2) is 31.1 Å². The molecular weight excluding hydrogens is 416 g/mol. The van der Waals surface area contributed by atoms with Gasteiger partial charge < -0.3 is 10.1 Å². The number of amides is 1. The summed E-state index contributed by atoms with van der Waals surface area (Å²) in [6.07, 6.45) is 1.16. The fourth-order valence-electron chi connectivity index (χ4n) is 2.55. The predicted octanol–water partition coefficient (Wildman–Crippen LogP) is 3.19. The molecule has 8 nitrogen and oxygen atoms in total. The number of carbonyl (C=O) groups excluding carboxylic acids is 1. The Morgan fingerprint density at radius 3 is 2.59 bits per heavy atom. The summed E-state index contributed by atoms with van der Waals surface area (Å²) in [5.41, 5.74) is 0.934. The maximum absolute atomic E-state index is 12.7. The van der Waals surface area contributed by atoms with E-state index in [0.717, 1.165) is 6.20 Å². The molecule has 0 saturated heterocycles. The quantitative estimate of drug-likeness (QED) is 0.504. The number of nitrogens with one attached hydrogen (secondary N) is 3. The van der Waals surface area contributed by atoms with Crippen molar-refractivity contribution < 1.29 is 17.9 Å². The number of aromatic nitrogens is 2. The highest BCUT2D eigenvalue weighted by molar-refractivity contribution is 7.92. The molecule has 2 aromatic carbocycles. The fraction of sp³-hybridized carbons (Fsp3) is 0.158. The lowest BCUT2D eigenvalue weighted by molar-refractivity contribution is 0.0947. The Morgan fingerprint density at radius 1 is 1.17 bits per heavy atom. The molecule has 0 aliphatic heterocycles. The maximum atomic E-state index is 12.7. The number of ether oxygens (including phenoxy) is 1. The lowest BCUT2D eigenvalue weighted by atomic mass is 10.2. The summed E-state index contributed by atoms with van der Waals surface area (Å²) in [6, 6.07) is 13.5. The molecule has 0 fully saturated rings. The normalized spacial score (nSPS) is 11.1. The minimum absolute atomic E-state index is 0.101. The Kier molecular flexibility index (Phi) is 6.40. The fourth-order valence-corrected chi connectivity index (χ4v) is 3.90. The van der Waals surface area contributed by atoms with Crippen molar-refractivity contribution in [2.75, 3.05) is 11.3 Å². The maximum Gasteiger partial charge on any atom is 0.279 e. The van der Waals surface area contributed by atoms with Crippen molar-refractivity contribution >= 4 is 33.2 Å². The molecule has 0 spiro atoms. The molecule has 10 heteroatoms. The van der Waals surface area contributed by atoms with Crippen molar-refractivity contribution in [2.45, 2.75) is 18.5 Å². The standard InChI is InChI=1S/C19H19ClN4O4S/c1-2-28-15-9-7-14(8-10-15)24-29(26,27)19-16(12-22-23-19)18(25)21-11-13-5-3-4-6-17(13)20/h3-10,12,24H,2,11H2,1H3,(H,21,25)(H,22,23). The smallest absolute Gasteiger partial charge is 0.279 e. The molecule has 0 atom stereocenters. The van der Waals surface area contributed by atoms with E-state index in [1.807, 2.05) is 6.92 Å². The molecule has 0 bridgehead atoms. The largest absolute Gasteiger partial charge is 0.494 e. The number of rotatable bonds is 8. The highest BCUT2D eigenvalue weighted by atomic mass is 35.5. The molecule has 1 heterocycles. The SMILES string of the molecule is CCOc1ccc(NS(=O)(=O)c2[nH]ncc2C(=O)NCc2ccccc2Cl)cc1. The van der Waals surface area contributed by atoms with E-state index >= 15 is 0 Å². The topological polar surface area (TPSA) is 113 Å². The monoisotopic (exact) mass is 434 g/mol. The molecule has 0 aliphatic rings. The highest BCUT2D eigenvalue weighted by Crippen LogP contribution is 2.21. The number of halogens is 1. The molecule has 3 aromatic rings. The Morgan fingerprint density at radius 2 is 1.90 bits per heavy atom. The third-order valence-electron chi connectivity index (χ3n) is 3.93. The third kappa shape index (κ3) is 5.07. The second-order valence-corrected chi connectivity index (χ2v) is 7.98. The minimum atomic E-state index is -4.06. The molecule has 1 aromatic heterocycles. The molecule has 1 amide bonds. The number of aromatic amines is 1. The van der Waals surface area contributed by atoms with Crippen LogP contribution in [0.2, 0.25) is 5.02 Å². The number of sulfonamides is 1. The van der Waals surface area contributed by atoms with E-state index in [0.29, 0.717) is 28.6 Å². The van der Waals surface area contributed by atoms with Gasteiger partial charge in [0.2, 0.25) is 0 Å². The van der Waals surface area contributed by atoms with Crippen LogP contribution in [0, 0.1) is 0 Å². The average Bonchev–Trinajstić information content (AvgIpc) is 3.20. The van der Waals surface area contributed by atoms with E-state index in [2.05, 4.69) is 20.2 Å². The lowest BCUT2D eigenvalue weighted by Crippen LogP contribution is -2.25. The summed E-state index contributed by atoms with van der Waals surface area (Å²) < 4.78 is 33.2. The molecular formula is C19H19ClN4O4S. The van der Waals surface area contributed by atoms with Crippen LogP contribution >= 0.6 is 11.6 Å². The van der Waals surface area contributed by atoms with Crippen molar-refractivity contribution in [3.8, 4) is 5.75 Å². The first-order chi connectivity index (χ1) is 13.9. The Bertz CT molecular complexity index is 1100. The Balaban J connectivity index is 1.73. The zero-order valence-corrected chi connectivity index (χ0v) is 17.0. The van der Waals surface area contributed by atoms with Crippen molar-refractivity contribution in [1.29, 1.82) is 0 Å². The van der Waals surface area contributed by atoms with Gasteiger partial charge in [0.05, 0.1) is 18.4 Å². The molecule has 29 heavy (non-hydrogen) atoms. The van der Waals surface area contributed by atoms with Gasteiger partial charge in [-0.3, -0.25) is 14.6 Å². The zero-order valence-electron chi connectivity index (χ0n) is 15.5. The zero-order chi connectivity index (χ0) is 20.9. The van der Waals surface area contributed by atoms with E-state index in [1.54, 1.807) is 48.5 Å². The van der Waals surface area contributed by atoms with Gasteiger partial charge in [-0.05, 0) is 42.8 Å². The van der Waals surface area contributed by atoms with Crippen LogP contribution in [0.25, 0.3) is 0 Å². The van der Waals surface area contributed by atoms with Crippen LogP contribution in [0.4, 0.5) is 5.69 Å². The molecule has 0 unspecified atom stereocenters. The van der Waals surface area contributed by atoms with Gasteiger partial charge in [-0.25, -0.2) is 0 Å². The van der Waals surface area contributed by atoms with E-state index < -0.39 is 15.9 Å². The van der Waals surface area contributed by atoms with Crippen molar-refractivity contribution in [2.24, 2.45) is 0 Å². The first-order valence-corrected chi connectivity index (χ1v) is 10.6. The van der Waals surface area contributed by atoms with Gasteiger partial charge >= 0.3 is 0 Å². The molecule has 0 aliphatic carbocycles. The number of benzene rings is 2. The molecule has 0 radical (unpaired) electrons. The number of carbonyl (C=O) groups is 1.